The van der Waals surface area contributed by atoms with Crippen LogP contribution in [0.25, 0.3) is 5.69 Å². The molecule has 4 aliphatic heterocycles. The first-order valence-electron chi connectivity index (χ1n) is 11.0. The van der Waals surface area contributed by atoms with E-state index >= 15 is 0 Å². The predicted molar refractivity (Wildman–Crippen MR) is 130 cm³/mol. The second-order valence-corrected chi connectivity index (χ2v) is 9.30. The lowest BCUT2D eigenvalue weighted by atomic mass is 10.1. The standard InChI is InChI=1S/C24H22Cl2FN5O/c25-17-6-7-18(27)19(26)16(17)14-31-9-8-28-23-21(31)20-22(32(20)23)24(33)30-12-10-29(11-13-30)15-4-2-1-3-5-15/h1-7,28H,8-14H2. The number of halogens is 3. The lowest BCUT2D eigenvalue weighted by Gasteiger charge is -2.35. The SMILES string of the molecule is O=C(c1c2c3c(n1-2)NCCN3Cc1c(Cl)ccc(F)c1Cl)N1CCN(c2ccccc2)CC1. The Morgan fingerprint density at radius 1 is 0.970 bits per heavy atom. The Kier molecular flexibility index (Phi) is 4.92. The van der Waals surface area contributed by atoms with E-state index in [1.807, 2.05) is 27.7 Å². The van der Waals surface area contributed by atoms with Crippen molar-refractivity contribution in [2.75, 3.05) is 54.4 Å². The van der Waals surface area contributed by atoms with Crippen molar-refractivity contribution in [2.45, 2.75) is 6.54 Å². The van der Waals surface area contributed by atoms with Gasteiger partial charge in [-0.25, -0.2) is 4.39 Å². The van der Waals surface area contributed by atoms with Crippen LogP contribution in [0.5, 0.6) is 0 Å². The maximum Gasteiger partial charge on any atom is 0.273 e. The van der Waals surface area contributed by atoms with Gasteiger partial charge in [0.05, 0.1) is 5.02 Å². The topological polar surface area (TPSA) is 43.8 Å². The number of nitrogens with zero attached hydrogens (tertiary/aromatic N) is 4. The zero-order valence-electron chi connectivity index (χ0n) is 17.8. The zero-order valence-corrected chi connectivity index (χ0v) is 19.3. The molecule has 0 saturated carbocycles. The second-order valence-electron chi connectivity index (χ2n) is 8.51. The Hall–Kier alpha value is -2.90. The minimum Gasteiger partial charge on any atom is -0.368 e. The van der Waals surface area contributed by atoms with Crippen LogP contribution in [0, 0.1) is 5.82 Å². The van der Waals surface area contributed by atoms with Crippen LogP contribution in [0.1, 0.15) is 16.1 Å². The first-order chi connectivity index (χ1) is 16.0. The number of carbonyl (C=O) groups is 1. The summed E-state index contributed by atoms with van der Waals surface area (Å²) in [7, 11) is 0. The fourth-order valence-corrected chi connectivity index (χ4v) is 5.36. The smallest absolute Gasteiger partial charge is 0.273 e. The second kappa shape index (κ2) is 7.85. The number of anilines is 3. The minimum atomic E-state index is -0.480. The van der Waals surface area contributed by atoms with Crippen LogP contribution < -0.4 is 15.1 Å². The summed E-state index contributed by atoms with van der Waals surface area (Å²) >= 11 is 12.5. The number of nitrogens with one attached hydrogen (secondary N) is 1. The molecule has 2 aromatic carbocycles. The molecule has 6 rings (SSSR count). The van der Waals surface area contributed by atoms with Gasteiger partial charge in [0, 0.05) is 62.1 Å². The Bertz CT molecular complexity index is 1250. The third kappa shape index (κ3) is 3.33. The van der Waals surface area contributed by atoms with Crippen molar-refractivity contribution < 1.29 is 9.18 Å². The van der Waals surface area contributed by atoms with Gasteiger partial charge in [-0.15, -0.1) is 0 Å². The molecule has 0 unspecified atom stereocenters. The molecule has 1 fully saturated rings. The van der Waals surface area contributed by atoms with Crippen LogP contribution in [0.3, 0.4) is 0 Å². The van der Waals surface area contributed by atoms with E-state index in [0.717, 1.165) is 49.1 Å². The Balaban J connectivity index is 1.19. The van der Waals surface area contributed by atoms with Crippen molar-refractivity contribution in [3.63, 3.8) is 0 Å². The molecule has 1 amide bonds. The Morgan fingerprint density at radius 3 is 2.48 bits per heavy atom. The molecule has 4 heterocycles. The van der Waals surface area contributed by atoms with Gasteiger partial charge in [-0.1, -0.05) is 41.4 Å². The molecule has 0 bridgehead atoms. The normalized spacial score (nSPS) is 16.5. The number of carbonyl (C=O) groups excluding carboxylic acids is 1. The molecule has 1 saturated heterocycles. The van der Waals surface area contributed by atoms with Crippen LogP contribution in [0.2, 0.25) is 10.0 Å². The maximum atomic E-state index is 14.0. The van der Waals surface area contributed by atoms with E-state index in [1.54, 1.807) is 0 Å². The van der Waals surface area contributed by atoms with E-state index in [9.17, 15) is 9.18 Å². The summed E-state index contributed by atoms with van der Waals surface area (Å²) in [6, 6.07) is 13.1. The minimum absolute atomic E-state index is 0.0525. The molecular weight excluding hydrogens is 464 g/mol. The molecule has 0 radical (unpaired) electrons. The fraction of sp³-hybridized carbons (Fsp3) is 0.292. The average molecular weight is 486 g/mol. The molecule has 1 N–H and O–H groups in total. The number of para-hydroxylation sites is 1. The summed E-state index contributed by atoms with van der Waals surface area (Å²) in [4.78, 5) is 19.6. The van der Waals surface area contributed by atoms with Crippen LogP contribution in [-0.4, -0.2) is 54.6 Å². The van der Waals surface area contributed by atoms with Gasteiger partial charge in [-0.3, -0.25) is 9.36 Å². The van der Waals surface area contributed by atoms with Gasteiger partial charge >= 0.3 is 0 Å². The van der Waals surface area contributed by atoms with Crippen LogP contribution in [-0.2, 0) is 6.54 Å². The van der Waals surface area contributed by atoms with E-state index in [4.69, 9.17) is 23.2 Å². The lowest BCUT2D eigenvalue weighted by Crippen LogP contribution is -2.48. The number of hydrogen-bond acceptors (Lipinski definition) is 4. The third-order valence-corrected chi connectivity index (χ3v) is 7.43. The molecule has 0 spiro atoms. The van der Waals surface area contributed by atoms with Crippen LogP contribution in [0.4, 0.5) is 21.6 Å². The van der Waals surface area contributed by atoms with Crippen molar-refractivity contribution in [3.05, 3.63) is 69.6 Å². The van der Waals surface area contributed by atoms with Crippen molar-refractivity contribution in [1.29, 1.82) is 0 Å². The number of fused-ring (bicyclic) bond motifs is 4. The van der Waals surface area contributed by atoms with E-state index in [1.165, 1.54) is 17.8 Å². The van der Waals surface area contributed by atoms with E-state index in [-0.39, 0.29) is 10.9 Å². The number of amides is 1. The number of rotatable bonds is 4. The number of aromatic nitrogens is 1. The van der Waals surface area contributed by atoms with Gasteiger partial charge in [0.15, 0.2) is 0 Å². The third-order valence-electron chi connectivity index (χ3n) is 6.66. The van der Waals surface area contributed by atoms with Gasteiger partial charge in [-0.2, -0.15) is 0 Å². The predicted octanol–water partition coefficient (Wildman–Crippen LogP) is 4.63. The summed E-state index contributed by atoms with van der Waals surface area (Å²) in [5.41, 5.74) is 4.44. The summed E-state index contributed by atoms with van der Waals surface area (Å²) in [6.07, 6.45) is 0. The molecule has 0 aliphatic carbocycles. The molecule has 0 atom stereocenters. The van der Waals surface area contributed by atoms with E-state index in [0.29, 0.717) is 30.2 Å². The number of piperazine rings is 1. The Labute approximate surface area is 201 Å². The van der Waals surface area contributed by atoms with E-state index in [2.05, 4.69) is 27.2 Å². The Morgan fingerprint density at radius 2 is 1.73 bits per heavy atom. The molecule has 0 aromatic heterocycles. The highest BCUT2D eigenvalue weighted by molar-refractivity contribution is 6.36. The lowest BCUT2D eigenvalue weighted by molar-refractivity contribution is 0.0748. The van der Waals surface area contributed by atoms with Crippen LogP contribution >= 0.6 is 23.2 Å². The molecule has 6 nitrogen and oxygen atoms in total. The van der Waals surface area contributed by atoms with Crippen molar-refractivity contribution in [1.82, 2.24) is 9.47 Å². The molecular formula is C24H22Cl2FN5O. The first-order valence-corrected chi connectivity index (χ1v) is 11.8. The van der Waals surface area contributed by atoms with Gasteiger partial charge < -0.3 is 20.0 Å². The molecule has 2 aromatic rings. The molecule has 9 heteroatoms. The molecule has 4 aliphatic rings. The first kappa shape index (κ1) is 20.7. The highest BCUT2D eigenvalue weighted by Crippen LogP contribution is 2.55. The zero-order chi connectivity index (χ0) is 22.7. The van der Waals surface area contributed by atoms with Gasteiger partial charge in [0.2, 0.25) is 0 Å². The van der Waals surface area contributed by atoms with Crippen molar-refractivity contribution >= 4 is 46.3 Å². The van der Waals surface area contributed by atoms with Crippen molar-refractivity contribution in [3.8, 4) is 5.69 Å². The summed E-state index contributed by atoms with van der Waals surface area (Å²) in [6.45, 7) is 4.84. The largest absolute Gasteiger partial charge is 0.368 e. The summed E-state index contributed by atoms with van der Waals surface area (Å²) < 4.78 is 16.0. The maximum absolute atomic E-state index is 14.0. The molecule has 170 valence electrons. The van der Waals surface area contributed by atoms with Gasteiger partial charge in [-0.05, 0) is 24.3 Å². The molecule has 33 heavy (non-hydrogen) atoms. The number of hydrogen-bond donors (Lipinski definition) is 1. The fourth-order valence-electron chi connectivity index (χ4n) is 4.87. The van der Waals surface area contributed by atoms with Crippen molar-refractivity contribution in [2.24, 2.45) is 0 Å². The monoisotopic (exact) mass is 485 g/mol. The van der Waals surface area contributed by atoms with E-state index < -0.39 is 5.82 Å². The number of benzene rings is 2. The highest BCUT2D eigenvalue weighted by atomic mass is 35.5. The summed E-state index contributed by atoms with van der Waals surface area (Å²) in [5, 5.41) is 3.88. The van der Waals surface area contributed by atoms with Gasteiger partial charge in [0.1, 0.15) is 28.7 Å². The van der Waals surface area contributed by atoms with Crippen LogP contribution in [0.15, 0.2) is 42.5 Å². The quantitative estimate of drug-likeness (QED) is 0.428. The average Bonchev–Trinajstić information content (AvgIpc) is 3.50. The summed E-state index contributed by atoms with van der Waals surface area (Å²) in [5.74, 6) is 0.522. The van der Waals surface area contributed by atoms with Gasteiger partial charge in [0.25, 0.3) is 5.91 Å². The highest BCUT2D eigenvalue weighted by Gasteiger charge is 2.47.